The van der Waals surface area contributed by atoms with Gasteiger partial charge < -0.3 is 15.7 Å². The highest BCUT2D eigenvalue weighted by molar-refractivity contribution is 5.05. The van der Waals surface area contributed by atoms with Crippen molar-refractivity contribution < 1.29 is 5.11 Å². The molecule has 1 aliphatic heterocycles. The van der Waals surface area contributed by atoms with Crippen LogP contribution in [0, 0.1) is 0 Å². The van der Waals surface area contributed by atoms with E-state index in [2.05, 4.69) is 10.6 Å². The second kappa shape index (κ2) is 3.71. The number of likely N-dealkylation sites (N-methyl/N-ethyl adjacent to an activating group) is 1. The van der Waals surface area contributed by atoms with Gasteiger partial charge in [-0.1, -0.05) is 12.2 Å². The van der Waals surface area contributed by atoms with Crippen LogP contribution in [0.5, 0.6) is 0 Å². The van der Waals surface area contributed by atoms with E-state index in [9.17, 15) is 5.11 Å². The third-order valence-electron chi connectivity index (χ3n) is 1.64. The van der Waals surface area contributed by atoms with Crippen LogP contribution in [0.2, 0.25) is 0 Å². The van der Waals surface area contributed by atoms with Crippen molar-refractivity contribution in [2.24, 2.45) is 0 Å². The number of aliphatic hydroxyl groups excluding tert-OH is 1. The average Bonchev–Trinajstić information content (AvgIpc) is 2.38. The number of hydrogen-bond acceptors (Lipinski definition) is 3. The van der Waals surface area contributed by atoms with Crippen LogP contribution in [0.3, 0.4) is 0 Å². The Morgan fingerprint density at radius 3 is 3.20 bits per heavy atom. The van der Waals surface area contributed by atoms with Gasteiger partial charge in [0.05, 0.1) is 12.1 Å². The molecule has 0 radical (unpaired) electrons. The minimum atomic E-state index is -0.302. The van der Waals surface area contributed by atoms with Gasteiger partial charge in [-0.15, -0.1) is 0 Å². The molecule has 0 bridgehead atoms. The monoisotopic (exact) mass is 142 g/mol. The molecule has 3 heteroatoms. The Hall–Kier alpha value is -0.380. The Morgan fingerprint density at radius 2 is 2.70 bits per heavy atom. The molecule has 0 aliphatic carbocycles. The van der Waals surface area contributed by atoms with Crippen LogP contribution in [0.15, 0.2) is 12.2 Å². The van der Waals surface area contributed by atoms with Crippen LogP contribution in [-0.2, 0) is 0 Å². The van der Waals surface area contributed by atoms with Crippen LogP contribution in [0.25, 0.3) is 0 Å². The summed E-state index contributed by atoms with van der Waals surface area (Å²) in [5.74, 6) is 0. The van der Waals surface area contributed by atoms with E-state index in [0.29, 0.717) is 6.54 Å². The zero-order valence-corrected chi connectivity index (χ0v) is 6.17. The lowest BCUT2D eigenvalue weighted by molar-refractivity contribution is 0.150. The quantitative estimate of drug-likeness (QED) is 0.447. The SMILES string of the molecule is CNCC(O)C1C=CCN1. The molecule has 10 heavy (non-hydrogen) atoms. The normalized spacial score (nSPS) is 27.2. The first-order valence-electron chi connectivity index (χ1n) is 3.57. The molecule has 58 valence electrons. The average molecular weight is 142 g/mol. The Morgan fingerprint density at radius 1 is 1.90 bits per heavy atom. The molecule has 0 aromatic carbocycles. The van der Waals surface area contributed by atoms with Crippen molar-refractivity contribution in [2.45, 2.75) is 12.1 Å². The first-order chi connectivity index (χ1) is 4.84. The minimum Gasteiger partial charge on any atom is -0.390 e. The topological polar surface area (TPSA) is 44.3 Å². The highest BCUT2D eigenvalue weighted by Gasteiger charge is 2.16. The molecular weight excluding hydrogens is 128 g/mol. The fourth-order valence-electron chi connectivity index (χ4n) is 1.09. The van der Waals surface area contributed by atoms with Crippen LogP contribution in [0.4, 0.5) is 0 Å². The molecule has 0 aromatic heterocycles. The summed E-state index contributed by atoms with van der Waals surface area (Å²) in [4.78, 5) is 0. The van der Waals surface area contributed by atoms with Gasteiger partial charge in [-0.3, -0.25) is 0 Å². The van der Waals surface area contributed by atoms with Gasteiger partial charge in [0.2, 0.25) is 0 Å². The summed E-state index contributed by atoms with van der Waals surface area (Å²) in [6.07, 6.45) is 3.73. The second-order valence-electron chi connectivity index (χ2n) is 2.49. The van der Waals surface area contributed by atoms with E-state index in [1.165, 1.54) is 0 Å². The Kier molecular flexibility index (Phi) is 2.86. The van der Waals surface area contributed by atoms with Gasteiger partial charge in [-0.2, -0.15) is 0 Å². The number of hydrogen-bond donors (Lipinski definition) is 3. The van der Waals surface area contributed by atoms with E-state index in [-0.39, 0.29) is 12.1 Å². The molecule has 1 aliphatic rings. The maximum Gasteiger partial charge on any atom is 0.0853 e. The summed E-state index contributed by atoms with van der Waals surface area (Å²) in [5, 5.41) is 15.4. The number of aliphatic hydroxyl groups is 1. The van der Waals surface area contributed by atoms with Crippen molar-refractivity contribution >= 4 is 0 Å². The van der Waals surface area contributed by atoms with Crippen molar-refractivity contribution in [1.29, 1.82) is 0 Å². The predicted molar refractivity (Wildman–Crippen MR) is 40.9 cm³/mol. The molecule has 0 spiro atoms. The number of rotatable bonds is 3. The zero-order chi connectivity index (χ0) is 7.40. The smallest absolute Gasteiger partial charge is 0.0853 e. The van der Waals surface area contributed by atoms with Crippen molar-refractivity contribution in [3.05, 3.63) is 12.2 Å². The molecule has 1 heterocycles. The summed E-state index contributed by atoms with van der Waals surface area (Å²) in [7, 11) is 1.84. The highest BCUT2D eigenvalue weighted by Crippen LogP contribution is 1.99. The van der Waals surface area contributed by atoms with Crippen molar-refractivity contribution in [3.8, 4) is 0 Å². The van der Waals surface area contributed by atoms with Crippen molar-refractivity contribution in [1.82, 2.24) is 10.6 Å². The first kappa shape index (κ1) is 7.72. The minimum absolute atomic E-state index is 0.146. The van der Waals surface area contributed by atoms with Gasteiger partial charge in [-0.05, 0) is 7.05 Å². The van der Waals surface area contributed by atoms with E-state index < -0.39 is 0 Å². The maximum absolute atomic E-state index is 9.37. The summed E-state index contributed by atoms with van der Waals surface area (Å²) in [6.45, 7) is 1.52. The molecule has 0 amide bonds. The molecule has 2 atom stereocenters. The van der Waals surface area contributed by atoms with E-state index in [4.69, 9.17) is 0 Å². The van der Waals surface area contributed by atoms with E-state index in [1.807, 2.05) is 19.2 Å². The van der Waals surface area contributed by atoms with Crippen LogP contribution in [0.1, 0.15) is 0 Å². The zero-order valence-electron chi connectivity index (χ0n) is 6.17. The largest absolute Gasteiger partial charge is 0.390 e. The van der Waals surface area contributed by atoms with Crippen molar-refractivity contribution in [3.63, 3.8) is 0 Å². The molecule has 0 aromatic rings. The second-order valence-corrected chi connectivity index (χ2v) is 2.49. The van der Waals surface area contributed by atoms with Gasteiger partial charge in [0.25, 0.3) is 0 Å². The summed E-state index contributed by atoms with van der Waals surface area (Å²) in [5.41, 5.74) is 0. The summed E-state index contributed by atoms with van der Waals surface area (Å²) < 4.78 is 0. The first-order valence-corrected chi connectivity index (χ1v) is 3.57. The van der Waals surface area contributed by atoms with Crippen LogP contribution in [-0.4, -0.2) is 37.4 Å². The molecule has 3 nitrogen and oxygen atoms in total. The van der Waals surface area contributed by atoms with E-state index in [1.54, 1.807) is 0 Å². The van der Waals surface area contributed by atoms with Gasteiger partial charge >= 0.3 is 0 Å². The predicted octanol–water partition coefficient (Wildman–Crippen LogP) is -0.905. The van der Waals surface area contributed by atoms with Crippen LogP contribution < -0.4 is 10.6 Å². The number of nitrogens with one attached hydrogen (secondary N) is 2. The lowest BCUT2D eigenvalue weighted by Gasteiger charge is -2.16. The lowest BCUT2D eigenvalue weighted by atomic mass is 10.2. The molecule has 0 saturated carbocycles. The summed E-state index contributed by atoms with van der Waals surface area (Å²) >= 11 is 0. The van der Waals surface area contributed by atoms with Gasteiger partial charge in [-0.25, -0.2) is 0 Å². The maximum atomic E-state index is 9.37. The molecule has 3 N–H and O–H groups in total. The third-order valence-corrected chi connectivity index (χ3v) is 1.64. The summed E-state index contributed by atoms with van der Waals surface area (Å²) in [6, 6.07) is 0.146. The molecule has 2 unspecified atom stereocenters. The van der Waals surface area contributed by atoms with Gasteiger partial charge in [0.1, 0.15) is 0 Å². The van der Waals surface area contributed by atoms with E-state index in [0.717, 1.165) is 6.54 Å². The molecular formula is C7H14N2O. The fourth-order valence-corrected chi connectivity index (χ4v) is 1.09. The highest BCUT2D eigenvalue weighted by atomic mass is 16.3. The van der Waals surface area contributed by atoms with Gasteiger partial charge in [0.15, 0.2) is 0 Å². The standard InChI is InChI=1S/C7H14N2O/c1-8-5-7(10)6-3-2-4-9-6/h2-3,6-10H,4-5H2,1H3. The molecule has 0 saturated heterocycles. The molecule has 0 fully saturated rings. The van der Waals surface area contributed by atoms with E-state index >= 15 is 0 Å². The molecule has 1 rings (SSSR count). The lowest BCUT2D eigenvalue weighted by Crippen LogP contribution is -2.40. The van der Waals surface area contributed by atoms with Gasteiger partial charge in [0, 0.05) is 13.1 Å². The Labute approximate surface area is 61.1 Å². The Bertz CT molecular complexity index is 125. The fraction of sp³-hybridized carbons (Fsp3) is 0.714. The third kappa shape index (κ3) is 1.80. The van der Waals surface area contributed by atoms with Crippen molar-refractivity contribution in [2.75, 3.05) is 20.1 Å². The Balaban J connectivity index is 2.26. The van der Waals surface area contributed by atoms with Crippen LogP contribution >= 0.6 is 0 Å².